The molecule has 0 N–H and O–H groups in total. The Morgan fingerprint density at radius 2 is 1.45 bits per heavy atom. The van der Waals surface area contributed by atoms with E-state index in [-0.39, 0.29) is 11.1 Å². The second-order valence-electron chi connectivity index (χ2n) is 4.36. The lowest BCUT2D eigenvalue weighted by atomic mass is 9.77. The highest BCUT2D eigenvalue weighted by Crippen LogP contribution is 2.12. The summed E-state index contributed by atoms with van der Waals surface area (Å²) in [6.07, 6.45) is 0. The number of rotatable bonds is 3. The van der Waals surface area contributed by atoms with E-state index in [1.807, 2.05) is 34.6 Å². The molecule has 0 aromatic heterocycles. The van der Waals surface area contributed by atoms with Crippen LogP contribution >= 0.6 is 0 Å². The monoisotopic (exact) mass is 158 g/mol. The van der Waals surface area contributed by atoms with Gasteiger partial charge in [0.1, 0.15) is 0 Å². The van der Waals surface area contributed by atoms with Crippen molar-refractivity contribution in [1.29, 1.82) is 0 Å². The van der Waals surface area contributed by atoms with Crippen LogP contribution in [0.15, 0.2) is 0 Å². The predicted molar refractivity (Wildman–Crippen MR) is 49.1 cm³/mol. The maximum absolute atomic E-state index is 5.56. The fourth-order valence-electron chi connectivity index (χ4n) is 0.449. The van der Waals surface area contributed by atoms with Gasteiger partial charge in [0.25, 0.3) is 0 Å². The summed E-state index contributed by atoms with van der Waals surface area (Å²) >= 11 is 0. The van der Waals surface area contributed by atoms with Gasteiger partial charge in [0, 0.05) is 12.7 Å². The molecular formula is C8H19BO2. The molecule has 0 saturated carbocycles. The van der Waals surface area contributed by atoms with Crippen molar-refractivity contribution < 1.29 is 9.39 Å². The van der Waals surface area contributed by atoms with Gasteiger partial charge in [-0.1, -0.05) is 0 Å². The van der Waals surface area contributed by atoms with E-state index in [9.17, 15) is 0 Å². The summed E-state index contributed by atoms with van der Waals surface area (Å²) in [7, 11) is 2.33. The zero-order chi connectivity index (χ0) is 9.12. The molecule has 2 nitrogen and oxygen atoms in total. The third-order valence-corrected chi connectivity index (χ3v) is 1.41. The van der Waals surface area contributed by atoms with Gasteiger partial charge in [-0.05, 0) is 34.6 Å². The van der Waals surface area contributed by atoms with Gasteiger partial charge in [0.05, 0.1) is 5.50 Å². The van der Waals surface area contributed by atoms with Crippen molar-refractivity contribution >= 4 is 7.48 Å². The van der Waals surface area contributed by atoms with Crippen LogP contribution in [0.1, 0.15) is 34.6 Å². The molecule has 0 unspecified atom stereocenters. The Hall–Kier alpha value is -0.0151. The van der Waals surface area contributed by atoms with Crippen LogP contribution in [0.25, 0.3) is 0 Å². The second-order valence-corrected chi connectivity index (χ2v) is 4.36. The average molecular weight is 158 g/mol. The molecule has 0 saturated heterocycles. The molecule has 0 aliphatic heterocycles. The van der Waals surface area contributed by atoms with Crippen LogP contribution in [-0.4, -0.2) is 25.7 Å². The first kappa shape index (κ1) is 11.0. The van der Waals surface area contributed by atoms with Crippen molar-refractivity contribution in [3.8, 4) is 0 Å². The Balaban J connectivity index is 3.70. The van der Waals surface area contributed by atoms with Crippen LogP contribution < -0.4 is 0 Å². The zero-order valence-corrected chi connectivity index (χ0v) is 8.52. The molecule has 66 valence electrons. The second kappa shape index (κ2) is 3.59. The van der Waals surface area contributed by atoms with E-state index in [1.54, 1.807) is 7.11 Å². The Labute approximate surface area is 70.5 Å². The molecular weight excluding hydrogens is 139 g/mol. The standard InChI is InChI=1S/C8H19BO2/c1-7(2,3)11-9-8(4,5)10-6/h9H,1-6H3. The third kappa shape index (κ3) is 6.39. The van der Waals surface area contributed by atoms with Gasteiger partial charge in [0.2, 0.25) is 0 Å². The van der Waals surface area contributed by atoms with E-state index >= 15 is 0 Å². The molecule has 0 heterocycles. The molecule has 0 radical (unpaired) electrons. The van der Waals surface area contributed by atoms with E-state index in [2.05, 4.69) is 0 Å². The first-order valence-electron chi connectivity index (χ1n) is 3.96. The van der Waals surface area contributed by atoms with Crippen molar-refractivity contribution in [2.75, 3.05) is 7.11 Å². The highest BCUT2D eigenvalue weighted by atomic mass is 16.5. The summed E-state index contributed by atoms with van der Waals surface area (Å²) in [6.45, 7) is 10.1. The van der Waals surface area contributed by atoms with E-state index in [1.165, 1.54) is 0 Å². The normalized spacial score (nSPS) is 13.3. The lowest BCUT2D eigenvalue weighted by Crippen LogP contribution is -2.37. The Bertz CT molecular complexity index is 116. The summed E-state index contributed by atoms with van der Waals surface area (Å²) in [5.41, 5.74) is -0.247. The molecule has 0 bridgehead atoms. The summed E-state index contributed by atoms with van der Waals surface area (Å²) in [5.74, 6) is 0. The molecule has 0 aliphatic carbocycles. The maximum Gasteiger partial charge on any atom is 0.307 e. The Kier molecular flexibility index (Phi) is 3.58. The van der Waals surface area contributed by atoms with Crippen molar-refractivity contribution in [1.82, 2.24) is 0 Å². The summed E-state index contributed by atoms with van der Waals surface area (Å²) in [5, 5.41) is 0. The fourth-order valence-corrected chi connectivity index (χ4v) is 0.449. The van der Waals surface area contributed by atoms with Crippen molar-refractivity contribution in [3.63, 3.8) is 0 Å². The third-order valence-electron chi connectivity index (χ3n) is 1.41. The molecule has 0 atom stereocenters. The quantitative estimate of drug-likeness (QED) is 0.580. The van der Waals surface area contributed by atoms with E-state index in [0.29, 0.717) is 7.48 Å². The molecule has 0 aliphatic rings. The van der Waals surface area contributed by atoms with Crippen LogP contribution in [0.4, 0.5) is 0 Å². The van der Waals surface area contributed by atoms with E-state index in [4.69, 9.17) is 9.39 Å². The molecule has 0 spiro atoms. The minimum Gasteiger partial charge on any atom is -0.432 e. The highest BCUT2D eigenvalue weighted by Gasteiger charge is 2.23. The van der Waals surface area contributed by atoms with Gasteiger partial charge in [-0.2, -0.15) is 0 Å². The lowest BCUT2D eigenvalue weighted by molar-refractivity contribution is 0.0525. The van der Waals surface area contributed by atoms with Crippen molar-refractivity contribution in [3.05, 3.63) is 0 Å². The van der Waals surface area contributed by atoms with Crippen LogP contribution in [-0.2, 0) is 9.39 Å². The van der Waals surface area contributed by atoms with Crippen molar-refractivity contribution in [2.24, 2.45) is 0 Å². The smallest absolute Gasteiger partial charge is 0.307 e. The lowest BCUT2D eigenvalue weighted by Gasteiger charge is -2.27. The number of hydrogen-bond donors (Lipinski definition) is 0. The summed E-state index contributed by atoms with van der Waals surface area (Å²) < 4.78 is 10.8. The largest absolute Gasteiger partial charge is 0.432 e. The van der Waals surface area contributed by atoms with E-state index < -0.39 is 0 Å². The van der Waals surface area contributed by atoms with E-state index in [0.717, 1.165) is 0 Å². The fraction of sp³-hybridized carbons (Fsp3) is 1.00. The number of methoxy groups -OCH3 is 1. The van der Waals surface area contributed by atoms with Gasteiger partial charge < -0.3 is 9.39 Å². The topological polar surface area (TPSA) is 18.5 Å². The predicted octanol–water partition coefficient (Wildman–Crippen LogP) is 1.54. The van der Waals surface area contributed by atoms with Gasteiger partial charge in [-0.15, -0.1) is 0 Å². The van der Waals surface area contributed by atoms with Gasteiger partial charge in [-0.3, -0.25) is 0 Å². The summed E-state index contributed by atoms with van der Waals surface area (Å²) in [4.78, 5) is 0. The highest BCUT2D eigenvalue weighted by molar-refractivity contribution is 6.31. The first-order chi connectivity index (χ1) is 4.77. The maximum atomic E-state index is 5.56. The van der Waals surface area contributed by atoms with Crippen LogP contribution in [0, 0.1) is 0 Å². The first-order valence-corrected chi connectivity index (χ1v) is 3.96. The molecule has 0 aromatic carbocycles. The van der Waals surface area contributed by atoms with Crippen LogP contribution in [0.2, 0.25) is 0 Å². The minimum atomic E-state index is -0.173. The number of hydrogen-bond acceptors (Lipinski definition) is 2. The Morgan fingerprint density at radius 1 is 1.00 bits per heavy atom. The number of ether oxygens (including phenoxy) is 1. The van der Waals surface area contributed by atoms with Gasteiger partial charge in [-0.25, -0.2) is 0 Å². The summed E-state index contributed by atoms with van der Waals surface area (Å²) in [6, 6.07) is 0. The zero-order valence-electron chi connectivity index (χ0n) is 8.52. The molecule has 0 rings (SSSR count). The van der Waals surface area contributed by atoms with Crippen LogP contribution in [0.5, 0.6) is 0 Å². The SMILES string of the molecule is COC(C)(C)BOC(C)(C)C. The molecule has 0 amide bonds. The molecule has 11 heavy (non-hydrogen) atoms. The molecule has 0 fully saturated rings. The van der Waals surface area contributed by atoms with Gasteiger partial charge in [0.15, 0.2) is 0 Å². The molecule has 3 heteroatoms. The van der Waals surface area contributed by atoms with Gasteiger partial charge >= 0.3 is 7.48 Å². The molecule has 0 aromatic rings. The Morgan fingerprint density at radius 3 is 1.73 bits per heavy atom. The average Bonchev–Trinajstić information content (AvgIpc) is 1.83. The van der Waals surface area contributed by atoms with Crippen molar-refractivity contribution in [2.45, 2.75) is 45.7 Å². The van der Waals surface area contributed by atoms with Crippen LogP contribution in [0.3, 0.4) is 0 Å². The minimum absolute atomic E-state index is 0.0736.